The molecule has 1 saturated heterocycles. The lowest BCUT2D eigenvalue weighted by Crippen LogP contribution is -2.15. The molecule has 1 rings (SSSR count). The number of hydrogen-bond donors (Lipinski definition) is 0. The van der Waals surface area contributed by atoms with E-state index in [1.807, 2.05) is 0 Å². The minimum absolute atomic E-state index is 0.310. The summed E-state index contributed by atoms with van der Waals surface area (Å²) in [6, 6.07) is 0. The van der Waals surface area contributed by atoms with Crippen molar-refractivity contribution in [1.82, 2.24) is 0 Å². The molecule has 2 nitrogen and oxygen atoms in total. The van der Waals surface area contributed by atoms with Crippen LogP contribution in [0.3, 0.4) is 0 Å². The van der Waals surface area contributed by atoms with Crippen LogP contribution in [0.15, 0.2) is 0 Å². The highest BCUT2D eigenvalue weighted by molar-refractivity contribution is 4.75. The Morgan fingerprint density at radius 2 is 2.44 bits per heavy atom. The normalized spacial score (nSPS) is 28.0. The molecular weight excluding hydrogens is 116 g/mol. The van der Waals surface area contributed by atoms with Gasteiger partial charge in [0.2, 0.25) is 0 Å². The van der Waals surface area contributed by atoms with Crippen molar-refractivity contribution in [1.29, 1.82) is 0 Å². The fraction of sp³-hybridized carbons (Fsp3) is 1.00. The van der Waals surface area contributed by atoms with E-state index in [1.165, 1.54) is 0 Å². The number of ether oxygens (including phenoxy) is 2. The summed E-state index contributed by atoms with van der Waals surface area (Å²) in [6.45, 7) is 5.93. The summed E-state index contributed by atoms with van der Waals surface area (Å²) in [5, 5.41) is 0. The first-order chi connectivity index (χ1) is 4.34. The van der Waals surface area contributed by atoms with Crippen molar-refractivity contribution in [2.75, 3.05) is 13.2 Å². The predicted molar refractivity (Wildman–Crippen MR) is 35.4 cm³/mol. The quantitative estimate of drug-likeness (QED) is 0.533. The van der Waals surface area contributed by atoms with E-state index in [2.05, 4.69) is 13.8 Å². The van der Waals surface area contributed by atoms with Crippen molar-refractivity contribution in [3.8, 4) is 0 Å². The molecule has 2 unspecified atom stereocenters. The SMILES string of the molecule is CCCOC(C)C1CO1. The molecule has 0 spiro atoms. The van der Waals surface area contributed by atoms with E-state index < -0.39 is 0 Å². The summed E-state index contributed by atoms with van der Waals surface area (Å²) in [4.78, 5) is 0. The van der Waals surface area contributed by atoms with Crippen LogP contribution >= 0.6 is 0 Å². The van der Waals surface area contributed by atoms with E-state index in [9.17, 15) is 0 Å². The summed E-state index contributed by atoms with van der Waals surface area (Å²) in [5.41, 5.74) is 0. The molecule has 2 atom stereocenters. The summed E-state index contributed by atoms with van der Waals surface area (Å²) in [7, 11) is 0. The highest BCUT2D eigenvalue weighted by atomic mass is 16.6. The van der Waals surface area contributed by atoms with E-state index >= 15 is 0 Å². The van der Waals surface area contributed by atoms with E-state index in [1.54, 1.807) is 0 Å². The molecule has 0 amide bonds. The van der Waals surface area contributed by atoms with Crippen LogP contribution in [0, 0.1) is 0 Å². The number of rotatable bonds is 4. The molecule has 1 heterocycles. The summed E-state index contributed by atoms with van der Waals surface area (Å²) < 4.78 is 10.4. The van der Waals surface area contributed by atoms with Gasteiger partial charge in [-0.1, -0.05) is 6.92 Å². The smallest absolute Gasteiger partial charge is 0.107 e. The van der Waals surface area contributed by atoms with Gasteiger partial charge in [-0.25, -0.2) is 0 Å². The largest absolute Gasteiger partial charge is 0.376 e. The van der Waals surface area contributed by atoms with Gasteiger partial charge in [0.1, 0.15) is 6.10 Å². The molecule has 0 radical (unpaired) electrons. The third kappa shape index (κ3) is 2.33. The van der Waals surface area contributed by atoms with Gasteiger partial charge in [-0.05, 0) is 13.3 Å². The van der Waals surface area contributed by atoms with E-state index in [0.29, 0.717) is 12.2 Å². The zero-order valence-electron chi connectivity index (χ0n) is 6.09. The molecule has 54 valence electrons. The maximum atomic E-state index is 5.39. The van der Waals surface area contributed by atoms with Gasteiger partial charge >= 0.3 is 0 Å². The minimum atomic E-state index is 0.310. The summed E-state index contributed by atoms with van der Waals surface area (Å²) >= 11 is 0. The van der Waals surface area contributed by atoms with Gasteiger partial charge in [-0.15, -0.1) is 0 Å². The first-order valence-corrected chi connectivity index (χ1v) is 3.57. The highest BCUT2D eigenvalue weighted by Gasteiger charge is 2.29. The second-order valence-corrected chi connectivity index (χ2v) is 2.45. The molecule has 1 aliphatic rings. The molecule has 0 N–H and O–H groups in total. The second-order valence-electron chi connectivity index (χ2n) is 2.45. The number of hydrogen-bond acceptors (Lipinski definition) is 2. The lowest BCUT2D eigenvalue weighted by atomic mass is 10.3. The van der Waals surface area contributed by atoms with Crippen LogP contribution in [0.1, 0.15) is 20.3 Å². The van der Waals surface area contributed by atoms with Gasteiger partial charge in [0, 0.05) is 6.61 Å². The van der Waals surface area contributed by atoms with Gasteiger partial charge in [0.05, 0.1) is 12.7 Å². The Kier molecular flexibility index (Phi) is 2.49. The maximum Gasteiger partial charge on any atom is 0.107 e. The molecule has 0 saturated carbocycles. The zero-order chi connectivity index (χ0) is 6.69. The van der Waals surface area contributed by atoms with Crippen molar-refractivity contribution in [3.63, 3.8) is 0 Å². The topological polar surface area (TPSA) is 21.8 Å². The minimum Gasteiger partial charge on any atom is -0.376 e. The van der Waals surface area contributed by atoms with Gasteiger partial charge in [0.15, 0.2) is 0 Å². The van der Waals surface area contributed by atoms with Crippen LogP contribution in [0.4, 0.5) is 0 Å². The lowest BCUT2D eigenvalue weighted by molar-refractivity contribution is 0.0463. The molecule has 0 aliphatic carbocycles. The van der Waals surface area contributed by atoms with Crippen molar-refractivity contribution < 1.29 is 9.47 Å². The van der Waals surface area contributed by atoms with Crippen molar-refractivity contribution >= 4 is 0 Å². The predicted octanol–water partition coefficient (Wildman–Crippen LogP) is 1.20. The number of epoxide rings is 1. The van der Waals surface area contributed by atoms with Crippen LogP contribution in [-0.4, -0.2) is 25.4 Å². The monoisotopic (exact) mass is 130 g/mol. The molecule has 0 aromatic carbocycles. The lowest BCUT2D eigenvalue weighted by Gasteiger charge is -2.07. The van der Waals surface area contributed by atoms with Gasteiger partial charge in [0.25, 0.3) is 0 Å². The van der Waals surface area contributed by atoms with E-state index in [4.69, 9.17) is 9.47 Å². The van der Waals surface area contributed by atoms with E-state index in [0.717, 1.165) is 19.6 Å². The van der Waals surface area contributed by atoms with Crippen LogP contribution in [0.2, 0.25) is 0 Å². The zero-order valence-corrected chi connectivity index (χ0v) is 6.09. The summed E-state index contributed by atoms with van der Waals surface area (Å²) in [5.74, 6) is 0. The maximum absolute atomic E-state index is 5.39. The van der Waals surface area contributed by atoms with Gasteiger partial charge in [-0.3, -0.25) is 0 Å². The van der Waals surface area contributed by atoms with Crippen LogP contribution in [0.25, 0.3) is 0 Å². The van der Waals surface area contributed by atoms with Crippen molar-refractivity contribution in [2.24, 2.45) is 0 Å². The standard InChI is InChI=1S/C7H14O2/c1-3-4-8-6(2)7-5-9-7/h6-7H,3-5H2,1-2H3. The second kappa shape index (κ2) is 3.18. The molecular formula is C7H14O2. The Bertz CT molecular complexity index is 79.0. The highest BCUT2D eigenvalue weighted by Crippen LogP contribution is 2.16. The molecule has 0 bridgehead atoms. The fourth-order valence-corrected chi connectivity index (χ4v) is 0.738. The first-order valence-electron chi connectivity index (χ1n) is 3.57. The van der Waals surface area contributed by atoms with E-state index in [-0.39, 0.29) is 0 Å². The Morgan fingerprint density at radius 1 is 1.78 bits per heavy atom. The molecule has 1 fully saturated rings. The Labute approximate surface area is 56.2 Å². The Morgan fingerprint density at radius 3 is 2.89 bits per heavy atom. The third-order valence-corrected chi connectivity index (χ3v) is 1.47. The van der Waals surface area contributed by atoms with Crippen LogP contribution in [-0.2, 0) is 9.47 Å². The van der Waals surface area contributed by atoms with Gasteiger partial charge < -0.3 is 9.47 Å². The average molecular weight is 130 g/mol. The summed E-state index contributed by atoms with van der Waals surface area (Å²) in [6.07, 6.45) is 1.80. The van der Waals surface area contributed by atoms with Crippen molar-refractivity contribution in [2.45, 2.75) is 32.5 Å². The Hall–Kier alpha value is -0.0800. The first kappa shape index (κ1) is 7.03. The molecule has 0 aromatic heterocycles. The molecule has 9 heavy (non-hydrogen) atoms. The third-order valence-electron chi connectivity index (χ3n) is 1.47. The fourth-order valence-electron chi connectivity index (χ4n) is 0.738. The van der Waals surface area contributed by atoms with Crippen LogP contribution in [0.5, 0.6) is 0 Å². The molecule has 2 heteroatoms. The Balaban J connectivity index is 1.96. The van der Waals surface area contributed by atoms with Crippen molar-refractivity contribution in [3.05, 3.63) is 0 Å². The average Bonchev–Trinajstić information content (AvgIpc) is 2.63. The van der Waals surface area contributed by atoms with Crippen LogP contribution < -0.4 is 0 Å². The molecule has 0 aromatic rings. The molecule has 1 aliphatic heterocycles. The van der Waals surface area contributed by atoms with Gasteiger partial charge in [-0.2, -0.15) is 0 Å².